The monoisotopic (exact) mass is 620 g/mol. The summed E-state index contributed by atoms with van der Waals surface area (Å²) in [5.74, 6) is -1.41. The number of aliphatic carboxylic acids is 1. The summed E-state index contributed by atoms with van der Waals surface area (Å²) in [6.07, 6.45) is -8.00. The third-order valence-corrected chi connectivity index (χ3v) is 6.98. The van der Waals surface area contributed by atoms with Crippen molar-refractivity contribution in [3.8, 4) is 22.3 Å². The summed E-state index contributed by atoms with van der Waals surface area (Å²) < 4.78 is 80.3. The first-order chi connectivity index (χ1) is 20.2. The number of anilines is 1. The summed E-state index contributed by atoms with van der Waals surface area (Å²) in [4.78, 5) is 27.1. The number of carbonyl (C=O) groups is 2. The van der Waals surface area contributed by atoms with Crippen LogP contribution in [0.4, 0.5) is 32.0 Å². The lowest BCUT2D eigenvalue weighted by Gasteiger charge is -2.16. The maximum atomic E-state index is 13.5. The Labute approximate surface area is 247 Å². The second kappa shape index (κ2) is 12.9. The fourth-order valence-electron chi connectivity index (χ4n) is 4.36. The fraction of sp³-hybridized carbons (Fsp3) is 0.194. The lowest BCUT2D eigenvalue weighted by molar-refractivity contribution is -0.138. The van der Waals surface area contributed by atoms with Crippen LogP contribution in [0.3, 0.4) is 0 Å². The Hall–Kier alpha value is -4.38. The van der Waals surface area contributed by atoms with Crippen molar-refractivity contribution in [2.24, 2.45) is 0 Å². The normalized spacial score (nSPS) is 11.8. The Balaban J connectivity index is 1.55. The zero-order chi connectivity index (χ0) is 31.4. The molecule has 12 heteroatoms. The topological polar surface area (TPSA) is 79.3 Å². The molecule has 0 unspecified atom stereocenters. The minimum absolute atomic E-state index is 0.0316. The van der Waals surface area contributed by atoms with Gasteiger partial charge in [-0.25, -0.2) is 0 Å². The first kappa shape index (κ1) is 31.6. The molecule has 0 amide bonds. The molecule has 0 aliphatic carbocycles. The number of carboxylic acids is 1. The van der Waals surface area contributed by atoms with E-state index < -0.39 is 34.5 Å². The molecule has 5 nitrogen and oxygen atoms in total. The Morgan fingerprint density at radius 3 is 2.12 bits per heavy atom. The van der Waals surface area contributed by atoms with Crippen LogP contribution in [0.15, 0.2) is 79.0 Å². The number of hydrogen-bond donors (Lipinski definition) is 2. The van der Waals surface area contributed by atoms with Crippen molar-refractivity contribution in [3.05, 3.63) is 106 Å². The van der Waals surface area contributed by atoms with Crippen LogP contribution in [0.2, 0.25) is 5.02 Å². The second-order valence-corrected chi connectivity index (χ2v) is 9.95. The average Bonchev–Trinajstić information content (AvgIpc) is 2.95. The van der Waals surface area contributed by atoms with Crippen LogP contribution in [0, 0.1) is 0 Å². The van der Waals surface area contributed by atoms with Crippen LogP contribution in [0.5, 0.6) is 0 Å². The number of Topliss-reactive ketones (excluding diaryl/α,β-unsaturated/α-hetero) is 1. The van der Waals surface area contributed by atoms with Gasteiger partial charge in [0.2, 0.25) is 0 Å². The summed E-state index contributed by atoms with van der Waals surface area (Å²) in [6.45, 7) is 0.0903. The van der Waals surface area contributed by atoms with Crippen molar-refractivity contribution >= 4 is 29.0 Å². The minimum Gasteiger partial charge on any atom is -0.481 e. The number of ketones is 1. The maximum Gasteiger partial charge on any atom is 0.417 e. The second-order valence-electron chi connectivity index (χ2n) is 9.57. The van der Waals surface area contributed by atoms with Gasteiger partial charge in [-0.2, -0.15) is 26.3 Å². The molecule has 0 aliphatic rings. The van der Waals surface area contributed by atoms with E-state index >= 15 is 0 Å². The zero-order valence-electron chi connectivity index (χ0n) is 22.2. The van der Waals surface area contributed by atoms with Gasteiger partial charge in [0.25, 0.3) is 0 Å². The molecule has 1 heterocycles. The first-order valence-electron chi connectivity index (χ1n) is 12.9. The molecule has 43 heavy (non-hydrogen) atoms. The van der Waals surface area contributed by atoms with Crippen molar-refractivity contribution in [1.29, 1.82) is 0 Å². The van der Waals surface area contributed by atoms with E-state index in [0.29, 0.717) is 22.4 Å². The smallest absolute Gasteiger partial charge is 0.417 e. The van der Waals surface area contributed by atoms with Crippen molar-refractivity contribution in [1.82, 2.24) is 4.98 Å². The van der Waals surface area contributed by atoms with Gasteiger partial charge in [-0.3, -0.25) is 14.6 Å². The van der Waals surface area contributed by atoms with Gasteiger partial charge in [0.15, 0.2) is 5.78 Å². The van der Waals surface area contributed by atoms with Gasteiger partial charge in [0.05, 0.1) is 16.1 Å². The Morgan fingerprint density at radius 2 is 1.51 bits per heavy atom. The quantitative estimate of drug-likeness (QED) is 0.137. The van der Waals surface area contributed by atoms with Gasteiger partial charge >= 0.3 is 18.3 Å². The van der Waals surface area contributed by atoms with E-state index in [4.69, 9.17) is 16.7 Å². The standard InChI is InChI=1S/C31H23ClF6N2O3/c32-29-23(3-1-4-25(29)31(36,37)38)18-8-12-22(13-9-18)39-16-19-7-11-21(30(33,34)35)15-24(19)20-10-14-26(40-17-20)27(41)5-2-6-28(42)43/h1,3-4,7-15,17,39H,2,5-6,16H2,(H,42,43). The SMILES string of the molecule is O=C(O)CCCC(=O)c1ccc(-c2cc(C(F)(F)F)ccc2CNc2ccc(-c3cccc(C(F)(F)F)c3Cl)cc2)cn1. The Bertz CT molecular complexity index is 1620. The number of carboxylic acid groups (broad SMARTS) is 1. The highest BCUT2D eigenvalue weighted by Crippen LogP contribution is 2.40. The number of halogens is 7. The van der Waals surface area contributed by atoms with Crippen LogP contribution in [-0.2, 0) is 23.7 Å². The van der Waals surface area contributed by atoms with Gasteiger partial charge in [0.1, 0.15) is 5.69 Å². The summed E-state index contributed by atoms with van der Waals surface area (Å²) in [5, 5.41) is 11.4. The number of nitrogens with one attached hydrogen (secondary N) is 1. The van der Waals surface area contributed by atoms with E-state index in [2.05, 4.69) is 10.3 Å². The third-order valence-electron chi connectivity index (χ3n) is 6.57. The molecular weight excluding hydrogens is 598 g/mol. The highest BCUT2D eigenvalue weighted by Gasteiger charge is 2.34. The molecule has 4 aromatic rings. The third kappa shape index (κ3) is 7.92. The molecule has 0 aliphatic heterocycles. The Kier molecular flexibility index (Phi) is 9.44. The molecule has 1 aromatic heterocycles. The molecule has 224 valence electrons. The predicted octanol–water partition coefficient (Wildman–Crippen LogP) is 9.16. The van der Waals surface area contributed by atoms with E-state index in [1.165, 1.54) is 36.5 Å². The van der Waals surface area contributed by atoms with Crippen LogP contribution < -0.4 is 5.32 Å². The number of hydrogen-bond acceptors (Lipinski definition) is 4. The van der Waals surface area contributed by atoms with Crippen LogP contribution in [-0.4, -0.2) is 21.8 Å². The number of pyridine rings is 1. The average molecular weight is 621 g/mol. The van der Waals surface area contributed by atoms with Gasteiger partial charge < -0.3 is 10.4 Å². The summed E-state index contributed by atoms with van der Waals surface area (Å²) in [6, 6.07) is 16.1. The first-order valence-corrected chi connectivity index (χ1v) is 13.2. The van der Waals surface area contributed by atoms with Crippen LogP contribution >= 0.6 is 11.6 Å². The van der Waals surface area contributed by atoms with Gasteiger partial charge in [-0.15, -0.1) is 0 Å². The molecule has 0 saturated heterocycles. The molecule has 0 atom stereocenters. The summed E-state index contributed by atoms with van der Waals surface area (Å²) in [5.41, 5.74) is 0.493. The van der Waals surface area contributed by atoms with E-state index in [1.807, 2.05) is 0 Å². The van der Waals surface area contributed by atoms with E-state index in [-0.39, 0.29) is 48.4 Å². The van der Waals surface area contributed by atoms with Gasteiger partial charge in [0, 0.05) is 42.4 Å². The highest BCUT2D eigenvalue weighted by atomic mass is 35.5. The van der Waals surface area contributed by atoms with Gasteiger partial charge in [-0.05, 0) is 59.5 Å². The lowest BCUT2D eigenvalue weighted by atomic mass is 9.97. The Morgan fingerprint density at radius 1 is 0.814 bits per heavy atom. The summed E-state index contributed by atoms with van der Waals surface area (Å²) in [7, 11) is 0. The molecule has 3 aromatic carbocycles. The molecule has 0 saturated carbocycles. The summed E-state index contributed by atoms with van der Waals surface area (Å²) >= 11 is 6.03. The number of rotatable bonds is 10. The molecule has 0 bridgehead atoms. The van der Waals surface area contributed by atoms with Crippen LogP contribution in [0.25, 0.3) is 22.3 Å². The number of alkyl halides is 6. The van der Waals surface area contributed by atoms with Crippen molar-refractivity contribution in [2.45, 2.75) is 38.2 Å². The molecule has 2 N–H and O–H groups in total. The van der Waals surface area contributed by atoms with E-state index in [0.717, 1.165) is 18.2 Å². The zero-order valence-corrected chi connectivity index (χ0v) is 22.9. The molecule has 0 radical (unpaired) electrons. The lowest BCUT2D eigenvalue weighted by Crippen LogP contribution is -2.08. The minimum atomic E-state index is -4.61. The van der Waals surface area contributed by atoms with E-state index in [9.17, 15) is 35.9 Å². The number of aromatic nitrogens is 1. The predicted molar refractivity (Wildman–Crippen MR) is 150 cm³/mol. The van der Waals surface area contributed by atoms with Gasteiger partial charge in [-0.1, -0.05) is 48.0 Å². The van der Waals surface area contributed by atoms with Crippen molar-refractivity contribution in [3.63, 3.8) is 0 Å². The maximum absolute atomic E-state index is 13.5. The van der Waals surface area contributed by atoms with Crippen molar-refractivity contribution < 1.29 is 41.0 Å². The molecule has 4 rings (SSSR count). The number of carbonyl (C=O) groups excluding carboxylic acids is 1. The number of nitrogens with zero attached hydrogens (tertiary/aromatic N) is 1. The highest BCUT2D eigenvalue weighted by molar-refractivity contribution is 6.34. The van der Waals surface area contributed by atoms with Crippen LogP contribution in [0.1, 0.15) is 46.4 Å². The molecular formula is C31H23ClF6N2O3. The number of benzene rings is 3. The molecule has 0 spiro atoms. The largest absolute Gasteiger partial charge is 0.481 e. The fourth-order valence-corrected chi connectivity index (χ4v) is 4.70. The molecule has 0 fully saturated rings. The van der Waals surface area contributed by atoms with E-state index in [1.54, 1.807) is 24.3 Å². The van der Waals surface area contributed by atoms with Crippen molar-refractivity contribution in [2.75, 3.05) is 5.32 Å².